The molecule has 0 spiro atoms. The number of aromatic nitrogens is 6. The van der Waals surface area contributed by atoms with Crippen LogP contribution in [-0.2, 0) is 0 Å². The Morgan fingerprint density at radius 1 is 1.10 bits per heavy atom. The summed E-state index contributed by atoms with van der Waals surface area (Å²) >= 11 is 0. The predicted molar refractivity (Wildman–Crippen MR) is 69.5 cm³/mol. The van der Waals surface area contributed by atoms with Crippen molar-refractivity contribution < 1.29 is 4.52 Å². The number of fused-ring (bicyclic) bond motifs is 1. The van der Waals surface area contributed by atoms with Crippen LogP contribution in [0, 0.1) is 0 Å². The molecule has 4 aromatic rings. The lowest BCUT2D eigenvalue weighted by Gasteiger charge is -1.95. The minimum absolute atomic E-state index is 0.432. The molecule has 0 saturated heterocycles. The SMILES string of the molecule is c1ccc(-c2noc(-c3ccc4nncn4c3)n2)nc1. The van der Waals surface area contributed by atoms with Gasteiger partial charge in [0, 0.05) is 12.4 Å². The zero-order valence-corrected chi connectivity index (χ0v) is 10.2. The summed E-state index contributed by atoms with van der Waals surface area (Å²) in [5, 5.41) is 11.7. The minimum atomic E-state index is 0.432. The molecule has 7 heteroatoms. The first-order valence-corrected chi connectivity index (χ1v) is 5.95. The van der Waals surface area contributed by atoms with Crippen LogP contribution in [0.25, 0.3) is 28.6 Å². The molecule has 0 unspecified atom stereocenters. The molecule has 4 heterocycles. The van der Waals surface area contributed by atoms with Crippen molar-refractivity contribution >= 4 is 5.65 Å². The van der Waals surface area contributed by atoms with Gasteiger partial charge in [-0.1, -0.05) is 11.2 Å². The average Bonchev–Trinajstić information content (AvgIpc) is 3.16. The molecule has 0 fully saturated rings. The Labute approximate surface area is 112 Å². The van der Waals surface area contributed by atoms with Crippen LogP contribution in [0.1, 0.15) is 0 Å². The predicted octanol–water partition coefficient (Wildman–Crippen LogP) is 1.84. The molecule has 7 nitrogen and oxygen atoms in total. The highest BCUT2D eigenvalue weighted by molar-refractivity contribution is 5.58. The van der Waals surface area contributed by atoms with Crippen LogP contribution in [0.15, 0.2) is 53.6 Å². The highest BCUT2D eigenvalue weighted by Crippen LogP contribution is 2.20. The molecule has 0 amide bonds. The van der Waals surface area contributed by atoms with Crippen molar-refractivity contribution in [1.82, 2.24) is 29.7 Å². The van der Waals surface area contributed by atoms with Crippen molar-refractivity contribution in [3.05, 3.63) is 49.1 Å². The van der Waals surface area contributed by atoms with Crippen LogP contribution >= 0.6 is 0 Å². The van der Waals surface area contributed by atoms with E-state index in [-0.39, 0.29) is 0 Å². The van der Waals surface area contributed by atoms with Gasteiger partial charge in [-0.15, -0.1) is 10.2 Å². The second kappa shape index (κ2) is 4.23. The van der Waals surface area contributed by atoms with Crippen LogP contribution in [-0.4, -0.2) is 29.7 Å². The first-order valence-electron chi connectivity index (χ1n) is 5.95. The monoisotopic (exact) mass is 264 g/mol. The molecule has 96 valence electrons. The lowest BCUT2D eigenvalue weighted by Crippen LogP contribution is -1.86. The zero-order valence-electron chi connectivity index (χ0n) is 10.2. The second-order valence-electron chi connectivity index (χ2n) is 4.15. The Hall–Kier alpha value is -3.09. The van der Waals surface area contributed by atoms with E-state index in [4.69, 9.17) is 4.52 Å². The molecule has 0 aliphatic carbocycles. The van der Waals surface area contributed by atoms with Crippen molar-refractivity contribution in [3.8, 4) is 23.0 Å². The van der Waals surface area contributed by atoms with E-state index in [1.807, 2.05) is 36.5 Å². The second-order valence-corrected chi connectivity index (χ2v) is 4.15. The van der Waals surface area contributed by atoms with Crippen molar-refractivity contribution in [1.29, 1.82) is 0 Å². The molecule has 0 saturated carbocycles. The Morgan fingerprint density at radius 2 is 2.10 bits per heavy atom. The fraction of sp³-hybridized carbons (Fsp3) is 0. The number of rotatable bonds is 2. The number of hydrogen-bond acceptors (Lipinski definition) is 6. The van der Waals surface area contributed by atoms with Gasteiger partial charge < -0.3 is 4.52 Å². The standard InChI is InChI=1S/C13H8N6O/c1-2-6-14-10(3-1)12-16-13(20-18-12)9-4-5-11-17-15-8-19(11)7-9/h1-8H. The Kier molecular flexibility index (Phi) is 2.28. The lowest BCUT2D eigenvalue weighted by molar-refractivity contribution is 0.432. The summed E-state index contributed by atoms with van der Waals surface area (Å²) in [5.74, 6) is 0.894. The van der Waals surface area contributed by atoms with Crippen molar-refractivity contribution in [2.24, 2.45) is 0 Å². The van der Waals surface area contributed by atoms with Gasteiger partial charge in [-0.3, -0.25) is 9.38 Å². The molecule has 0 radical (unpaired) electrons. The smallest absolute Gasteiger partial charge is 0.259 e. The van der Waals surface area contributed by atoms with Crippen molar-refractivity contribution in [3.63, 3.8) is 0 Å². The normalized spacial score (nSPS) is 11.0. The summed E-state index contributed by atoms with van der Waals surface area (Å²) < 4.78 is 7.07. The highest BCUT2D eigenvalue weighted by atomic mass is 16.5. The molecule has 0 N–H and O–H groups in total. The molecule has 4 aromatic heterocycles. The van der Waals surface area contributed by atoms with E-state index in [2.05, 4.69) is 25.3 Å². The third kappa shape index (κ3) is 1.72. The highest BCUT2D eigenvalue weighted by Gasteiger charge is 2.11. The van der Waals surface area contributed by atoms with E-state index in [1.54, 1.807) is 16.9 Å². The van der Waals surface area contributed by atoms with Gasteiger partial charge >= 0.3 is 0 Å². The maximum Gasteiger partial charge on any atom is 0.259 e. The fourth-order valence-electron chi connectivity index (χ4n) is 1.89. The summed E-state index contributed by atoms with van der Waals surface area (Å²) in [7, 11) is 0. The van der Waals surface area contributed by atoms with Gasteiger partial charge in [0.15, 0.2) is 5.65 Å². The zero-order chi connectivity index (χ0) is 13.4. The van der Waals surface area contributed by atoms with Gasteiger partial charge in [-0.2, -0.15) is 4.98 Å². The maximum atomic E-state index is 5.28. The first-order chi connectivity index (χ1) is 9.90. The van der Waals surface area contributed by atoms with Crippen molar-refractivity contribution in [2.45, 2.75) is 0 Å². The lowest BCUT2D eigenvalue weighted by atomic mass is 10.3. The minimum Gasteiger partial charge on any atom is -0.334 e. The third-order valence-electron chi connectivity index (χ3n) is 2.86. The van der Waals surface area contributed by atoms with E-state index in [9.17, 15) is 0 Å². The largest absolute Gasteiger partial charge is 0.334 e. The van der Waals surface area contributed by atoms with E-state index in [0.29, 0.717) is 17.4 Å². The molecule has 20 heavy (non-hydrogen) atoms. The number of hydrogen-bond donors (Lipinski definition) is 0. The molecule has 0 aromatic carbocycles. The average molecular weight is 264 g/mol. The van der Waals surface area contributed by atoms with Gasteiger partial charge in [-0.05, 0) is 24.3 Å². The third-order valence-corrected chi connectivity index (χ3v) is 2.86. The summed E-state index contributed by atoms with van der Waals surface area (Å²) in [6, 6.07) is 9.25. The Balaban J connectivity index is 1.77. The molecular weight excluding hydrogens is 256 g/mol. The van der Waals surface area contributed by atoms with Crippen LogP contribution in [0.4, 0.5) is 0 Å². The van der Waals surface area contributed by atoms with Gasteiger partial charge in [0.2, 0.25) is 5.82 Å². The Bertz CT molecular complexity index is 867. The van der Waals surface area contributed by atoms with Gasteiger partial charge in [-0.25, -0.2) is 0 Å². The molecule has 0 atom stereocenters. The van der Waals surface area contributed by atoms with Gasteiger partial charge in [0.05, 0.1) is 5.56 Å². The molecule has 0 bridgehead atoms. The quantitative estimate of drug-likeness (QED) is 0.549. The molecule has 0 aliphatic rings. The molecule has 0 aliphatic heterocycles. The van der Waals surface area contributed by atoms with Crippen LogP contribution in [0.3, 0.4) is 0 Å². The molecule has 4 rings (SSSR count). The van der Waals surface area contributed by atoms with E-state index < -0.39 is 0 Å². The Morgan fingerprint density at radius 3 is 3.00 bits per heavy atom. The topological polar surface area (TPSA) is 82.0 Å². The molecular formula is C13H8N6O. The summed E-state index contributed by atoms with van der Waals surface area (Å²) in [6.45, 7) is 0. The summed E-state index contributed by atoms with van der Waals surface area (Å²) in [4.78, 5) is 8.53. The number of nitrogens with zero attached hydrogens (tertiary/aromatic N) is 6. The maximum absolute atomic E-state index is 5.28. The van der Waals surface area contributed by atoms with Crippen LogP contribution in [0.2, 0.25) is 0 Å². The summed E-state index contributed by atoms with van der Waals surface area (Å²) in [5.41, 5.74) is 2.23. The summed E-state index contributed by atoms with van der Waals surface area (Å²) in [6.07, 6.45) is 5.15. The van der Waals surface area contributed by atoms with Crippen LogP contribution < -0.4 is 0 Å². The number of pyridine rings is 2. The van der Waals surface area contributed by atoms with E-state index in [0.717, 1.165) is 11.2 Å². The van der Waals surface area contributed by atoms with Crippen LogP contribution in [0.5, 0.6) is 0 Å². The van der Waals surface area contributed by atoms with Gasteiger partial charge in [0.1, 0.15) is 12.0 Å². The van der Waals surface area contributed by atoms with Gasteiger partial charge in [0.25, 0.3) is 5.89 Å². The first kappa shape index (κ1) is 10.8. The fourth-order valence-corrected chi connectivity index (χ4v) is 1.89. The van der Waals surface area contributed by atoms with E-state index >= 15 is 0 Å². The van der Waals surface area contributed by atoms with Crippen molar-refractivity contribution in [2.75, 3.05) is 0 Å². The van der Waals surface area contributed by atoms with E-state index in [1.165, 1.54) is 0 Å².